The van der Waals surface area contributed by atoms with Crippen molar-refractivity contribution in [3.63, 3.8) is 0 Å². The van der Waals surface area contributed by atoms with Gasteiger partial charge in [0.1, 0.15) is 0 Å². The predicted octanol–water partition coefficient (Wildman–Crippen LogP) is 3.45. The third-order valence-electron chi connectivity index (χ3n) is 3.66. The molecule has 25 heavy (non-hydrogen) atoms. The minimum absolute atomic E-state index is 0.0266. The van der Waals surface area contributed by atoms with Crippen LogP contribution in [-0.2, 0) is 11.3 Å². The van der Waals surface area contributed by atoms with Crippen LogP contribution in [0.1, 0.15) is 24.8 Å². The number of carbonyl (C=O) groups is 1. The fraction of sp³-hybridized carbons (Fsp3) is 0.278. The third-order valence-corrected chi connectivity index (χ3v) is 5.49. The maximum absolute atomic E-state index is 12.7. The normalized spacial score (nSPS) is 11.2. The van der Waals surface area contributed by atoms with Crippen LogP contribution in [0, 0.1) is 0 Å². The summed E-state index contributed by atoms with van der Waals surface area (Å²) in [4.78, 5) is 30.5. The van der Waals surface area contributed by atoms with Crippen molar-refractivity contribution >= 4 is 39.9 Å². The number of rotatable bonds is 6. The number of hydrogen-bond donors (Lipinski definition) is 1. The van der Waals surface area contributed by atoms with Crippen molar-refractivity contribution in [3.05, 3.63) is 57.0 Å². The minimum Gasteiger partial charge on any atom is -0.350 e. The molecule has 3 aromatic rings. The van der Waals surface area contributed by atoms with Crippen molar-refractivity contribution in [1.29, 1.82) is 0 Å². The van der Waals surface area contributed by atoms with E-state index in [-0.39, 0.29) is 23.3 Å². The van der Waals surface area contributed by atoms with Crippen molar-refractivity contribution < 1.29 is 4.79 Å². The first-order valence-corrected chi connectivity index (χ1v) is 9.86. The molecule has 0 unspecified atom stereocenters. The molecule has 1 amide bonds. The number of para-hydroxylation sites is 1. The van der Waals surface area contributed by atoms with Crippen LogP contribution in [0.3, 0.4) is 0 Å². The fourth-order valence-electron chi connectivity index (χ4n) is 2.46. The Balaban J connectivity index is 1.77. The number of nitrogens with one attached hydrogen (secondary N) is 1. The summed E-state index contributed by atoms with van der Waals surface area (Å²) in [5.41, 5.74) is 0.591. The highest BCUT2D eigenvalue weighted by atomic mass is 32.2. The van der Waals surface area contributed by atoms with Gasteiger partial charge in [-0.15, -0.1) is 11.3 Å². The van der Waals surface area contributed by atoms with Gasteiger partial charge in [-0.05, 0) is 37.4 Å². The van der Waals surface area contributed by atoms with Gasteiger partial charge in [0.15, 0.2) is 5.16 Å². The number of amides is 1. The molecule has 5 nitrogen and oxygen atoms in total. The van der Waals surface area contributed by atoms with Gasteiger partial charge in [-0.2, -0.15) is 0 Å². The molecule has 0 spiro atoms. The quantitative estimate of drug-likeness (QED) is 0.531. The van der Waals surface area contributed by atoms with E-state index in [1.54, 1.807) is 22.0 Å². The lowest BCUT2D eigenvalue weighted by Crippen LogP contribution is -2.27. The average molecular weight is 374 g/mol. The highest BCUT2D eigenvalue weighted by Gasteiger charge is 2.15. The maximum Gasteiger partial charge on any atom is 0.262 e. The summed E-state index contributed by atoms with van der Waals surface area (Å²) in [6.07, 6.45) is 0. The van der Waals surface area contributed by atoms with Gasteiger partial charge in [-0.1, -0.05) is 30.0 Å². The number of nitrogens with zero attached hydrogens (tertiary/aromatic N) is 2. The van der Waals surface area contributed by atoms with Crippen LogP contribution >= 0.6 is 23.1 Å². The lowest BCUT2D eigenvalue weighted by atomic mass is 10.2. The standard InChI is InChI=1S/C18H19N3O2S2/c1-12(2)21-17(23)14-7-3-4-8-15(14)20-18(21)25-11-16(22)19-10-13-6-5-9-24-13/h3-9,12H,10-11H2,1-2H3,(H,19,22). The molecule has 0 aliphatic heterocycles. The smallest absolute Gasteiger partial charge is 0.262 e. The minimum atomic E-state index is -0.0730. The lowest BCUT2D eigenvalue weighted by molar-refractivity contribution is -0.118. The Morgan fingerprint density at radius 3 is 2.80 bits per heavy atom. The number of fused-ring (bicyclic) bond motifs is 1. The molecule has 0 atom stereocenters. The van der Waals surface area contributed by atoms with E-state index in [9.17, 15) is 9.59 Å². The van der Waals surface area contributed by atoms with E-state index in [2.05, 4.69) is 10.3 Å². The summed E-state index contributed by atoms with van der Waals surface area (Å²) >= 11 is 2.90. The van der Waals surface area contributed by atoms with Crippen LogP contribution < -0.4 is 10.9 Å². The Morgan fingerprint density at radius 2 is 2.08 bits per heavy atom. The van der Waals surface area contributed by atoms with Crippen LogP contribution in [-0.4, -0.2) is 21.2 Å². The molecular weight excluding hydrogens is 354 g/mol. The van der Waals surface area contributed by atoms with Crippen molar-refractivity contribution in [2.45, 2.75) is 31.6 Å². The highest BCUT2D eigenvalue weighted by molar-refractivity contribution is 7.99. The van der Waals surface area contributed by atoms with E-state index < -0.39 is 0 Å². The largest absolute Gasteiger partial charge is 0.350 e. The summed E-state index contributed by atoms with van der Waals surface area (Å²) in [5, 5.41) is 6.05. The second-order valence-corrected chi connectivity index (χ2v) is 7.80. The van der Waals surface area contributed by atoms with Crippen LogP contribution in [0.5, 0.6) is 0 Å². The maximum atomic E-state index is 12.7. The Hall–Kier alpha value is -2.12. The summed E-state index contributed by atoms with van der Waals surface area (Å²) in [6.45, 7) is 4.41. The molecule has 0 aliphatic rings. The monoisotopic (exact) mass is 373 g/mol. The first kappa shape index (κ1) is 17.7. The van der Waals surface area contributed by atoms with Crippen molar-refractivity contribution in [2.24, 2.45) is 0 Å². The molecule has 0 radical (unpaired) electrons. The first-order valence-electron chi connectivity index (χ1n) is 7.99. The molecule has 2 aromatic heterocycles. The topological polar surface area (TPSA) is 64.0 Å². The lowest BCUT2D eigenvalue weighted by Gasteiger charge is -2.16. The van der Waals surface area contributed by atoms with Gasteiger partial charge in [-0.3, -0.25) is 14.2 Å². The zero-order valence-corrected chi connectivity index (χ0v) is 15.7. The molecular formula is C18H19N3O2S2. The van der Waals surface area contributed by atoms with Gasteiger partial charge >= 0.3 is 0 Å². The summed E-state index contributed by atoms with van der Waals surface area (Å²) in [6, 6.07) is 11.2. The van der Waals surface area contributed by atoms with Gasteiger partial charge in [0, 0.05) is 10.9 Å². The van der Waals surface area contributed by atoms with Crippen LogP contribution in [0.4, 0.5) is 0 Å². The number of thioether (sulfide) groups is 1. The van der Waals surface area contributed by atoms with Crippen molar-refractivity contribution in [2.75, 3.05) is 5.75 Å². The third kappa shape index (κ3) is 4.11. The Labute approximate surface area is 154 Å². The van der Waals surface area contributed by atoms with Gasteiger partial charge in [0.2, 0.25) is 5.91 Å². The van der Waals surface area contributed by atoms with E-state index in [4.69, 9.17) is 0 Å². The fourth-order valence-corrected chi connectivity index (χ4v) is 4.07. The molecule has 0 bridgehead atoms. The van der Waals surface area contributed by atoms with Crippen molar-refractivity contribution in [3.8, 4) is 0 Å². The molecule has 7 heteroatoms. The summed E-state index contributed by atoms with van der Waals surface area (Å²) in [5.74, 6) is 0.152. The van der Waals surface area contributed by atoms with E-state index in [0.717, 1.165) is 4.88 Å². The van der Waals surface area contributed by atoms with Crippen LogP contribution in [0.2, 0.25) is 0 Å². The predicted molar refractivity (Wildman–Crippen MR) is 103 cm³/mol. The van der Waals surface area contributed by atoms with E-state index in [0.29, 0.717) is 22.6 Å². The Bertz CT molecular complexity index is 933. The average Bonchev–Trinajstić information content (AvgIpc) is 3.11. The van der Waals surface area contributed by atoms with Crippen molar-refractivity contribution in [1.82, 2.24) is 14.9 Å². The molecule has 0 saturated carbocycles. The molecule has 130 valence electrons. The number of benzene rings is 1. The zero-order chi connectivity index (χ0) is 17.8. The molecule has 0 fully saturated rings. The second kappa shape index (κ2) is 7.84. The molecule has 3 rings (SSSR count). The van der Waals surface area contributed by atoms with Gasteiger partial charge in [0.05, 0.1) is 23.2 Å². The van der Waals surface area contributed by atoms with Gasteiger partial charge < -0.3 is 5.32 Å². The number of thiophene rings is 1. The number of hydrogen-bond acceptors (Lipinski definition) is 5. The number of aromatic nitrogens is 2. The van der Waals surface area contributed by atoms with E-state index >= 15 is 0 Å². The Morgan fingerprint density at radius 1 is 1.28 bits per heavy atom. The zero-order valence-electron chi connectivity index (χ0n) is 14.1. The van der Waals surface area contributed by atoms with E-state index in [1.165, 1.54) is 11.8 Å². The summed E-state index contributed by atoms with van der Waals surface area (Å²) in [7, 11) is 0. The Kier molecular flexibility index (Phi) is 5.55. The molecule has 1 N–H and O–H groups in total. The molecule has 2 heterocycles. The highest BCUT2D eigenvalue weighted by Crippen LogP contribution is 2.20. The molecule has 1 aromatic carbocycles. The van der Waals surface area contributed by atoms with E-state index in [1.807, 2.05) is 49.6 Å². The van der Waals surface area contributed by atoms with Gasteiger partial charge in [-0.25, -0.2) is 4.98 Å². The number of carbonyl (C=O) groups excluding carboxylic acids is 1. The SMILES string of the molecule is CC(C)n1c(SCC(=O)NCc2cccs2)nc2ccccc2c1=O. The van der Waals surface area contributed by atoms with Gasteiger partial charge in [0.25, 0.3) is 5.56 Å². The first-order chi connectivity index (χ1) is 12.1. The molecule has 0 saturated heterocycles. The molecule has 0 aliphatic carbocycles. The van der Waals surface area contributed by atoms with Crippen LogP contribution in [0.15, 0.2) is 51.7 Å². The summed E-state index contributed by atoms with van der Waals surface area (Å²) < 4.78 is 1.65. The second-order valence-electron chi connectivity index (χ2n) is 5.83. The van der Waals surface area contributed by atoms with Crippen LogP contribution in [0.25, 0.3) is 10.9 Å².